The monoisotopic (exact) mass is 354 g/mol. The molecule has 1 aromatic carbocycles. The van der Waals surface area contributed by atoms with Gasteiger partial charge in [-0.25, -0.2) is 13.1 Å². The number of amides is 1. The average molecular weight is 354 g/mol. The molecule has 1 aromatic rings. The first kappa shape index (κ1) is 18.9. The highest BCUT2D eigenvalue weighted by Gasteiger charge is 2.18. The van der Waals surface area contributed by atoms with Crippen molar-refractivity contribution in [2.45, 2.75) is 62.5 Å². The number of aliphatic hydroxyl groups is 1. The summed E-state index contributed by atoms with van der Waals surface area (Å²) >= 11 is 0. The van der Waals surface area contributed by atoms with E-state index in [1.54, 1.807) is 0 Å². The molecule has 1 aliphatic carbocycles. The number of hydrogen-bond donors (Lipinski definition) is 3. The molecule has 7 heteroatoms. The Hall–Kier alpha value is -1.44. The zero-order valence-corrected chi connectivity index (χ0v) is 14.8. The minimum absolute atomic E-state index is 0.0494. The van der Waals surface area contributed by atoms with Crippen molar-refractivity contribution in [1.29, 1.82) is 0 Å². The number of nitrogens with one attached hydrogen (secondary N) is 2. The summed E-state index contributed by atoms with van der Waals surface area (Å²) in [5.74, 6) is -0.164. The average Bonchev–Trinajstić information content (AvgIpc) is 2.82. The van der Waals surface area contributed by atoms with E-state index in [-0.39, 0.29) is 23.4 Å². The van der Waals surface area contributed by atoms with Crippen LogP contribution in [0.5, 0.6) is 0 Å². The summed E-state index contributed by atoms with van der Waals surface area (Å²) in [6, 6.07) is 6.06. The van der Waals surface area contributed by atoms with Gasteiger partial charge in [0, 0.05) is 18.2 Å². The molecule has 1 fully saturated rings. The van der Waals surface area contributed by atoms with E-state index in [9.17, 15) is 18.3 Å². The van der Waals surface area contributed by atoms with Crippen molar-refractivity contribution >= 4 is 15.9 Å². The molecule has 1 aliphatic rings. The lowest BCUT2D eigenvalue weighted by atomic mass is 10.1. The molecule has 0 heterocycles. The van der Waals surface area contributed by atoms with Crippen molar-refractivity contribution in [2.75, 3.05) is 6.54 Å². The third-order valence-electron chi connectivity index (χ3n) is 4.19. The molecule has 1 saturated carbocycles. The molecule has 0 bridgehead atoms. The molecule has 0 aliphatic heterocycles. The van der Waals surface area contributed by atoms with Crippen molar-refractivity contribution < 1.29 is 18.3 Å². The van der Waals surface area contributed by atoms with E-state index >= 15 is 0 Å². The van der Waals surface area contributed by atoms with Gasteiger partial charge in [-0.2, -0.15) is 0 Å². The highest BCUT2D eigenvalue weighted by Crippen LogP contribution is 2.18. The summed E-state index contributed by atoms with van der Waals surface area (Å²) in [5, 5.41) is 12.2. The van der Waals surface area contributed by atoms with Crippen molar-refractivity contribution in [1.82, 2.24) is 10.0 Å². The Kier molecular flexibility index (Phi) is 6.77. The first-order valence-corrected chi connectivity index (χ1v) is 9.95. The summed E-state index contributed by atoms with van der Waals surface area (Å²) < 4.78 is 26.4. The van der Waals surface area contributed by atoms with Crippen LogP contribution in [0.2, 0.25) is 0 Å². The van der Waals surface area contributed by atoms with Crippen LogP contribution in [-0.4, -0.2) is 38.1 Å². The third-order valence-corrected chi connectivity index (χ3v) is 5.63. The van der Waals surface area contributed by atoms with Gasteiger partial charge in [-0.3, -0.25) is 4.79 Å². The van der Waals surface area contributed by atoms with Crippen LogP contribution in [0, 0.1) is 0 Å². The fraction of sp³-hybridized carbons (Fsp3) is 0.588. The number of aliphatic hydroxyl groups excluding tert-OH is 1. The summed E-state index contributed by atoms with van der Waals surface area (Å²) in [5.41, 5.74) is 0.453. The van der Waals surface area contributed by atoms with Crippen LogP contribution in [0.1, 0.15) is 55.8 Å². The Morgan fingerprint density at radius 1 is 1.17 bits per heavy atom. The van der Waals surface area contributed by atoms with Crippen LogP contribution in [-0.2, 0) is 10.0 Å². The van der Waals surface area contributed by atoms with E-state index < -0.39 is 16.1 Å². The number of rotatable bonds is 6. The highest BCUT2D eigenvalue weighted by atomic mass is 32.2. The summed E-state index contributed by atoms with van der Waals surface area (Å²) in [6.45, 7) is 1.45. The molecule has 24 heavy (non-hydrogen) atoms. The maximum atomic E-state index is 12.3. The van der Waals surface area contributed by atoms with E-state index in [0.717, 1.165) is 25.7 Å². The predicted octanol–water partition coefficient (Wildman–Crippen LogP) is 1.80. The Balaban J connectivity index is 1.99. The predicted molar refractivity (Wildman–Crippen MR) is 92.3 cm³/mol. The normalized spacial score (nSPS) is 17.9. The van der Waals surface area contributed by atoms with Gasteiger partial charge in [0.25, 0.3) is 5.91 Å². The third kappa shape index (κ3) is 5.58. The lowest BCUT2D eigenvalue weighted by molar-refractivity contribution is 0.0933. The van der Waals surface area contributed by atoms with E-state index in [1.165, 1.54) is 44.0 Å². The second-order valence-electron chi connectivity index (χ2n) is 6.39. The fourth-order valence-electron chi connectivity index (χ4n) is 2.79. The molecule has 1 amide bonds. The first-order valence-electron chi connectivity index (χ1n) is 8.47. The van der Waals surface area contributed by atoms with E-state index in [4.69, 9.17) is 0 Å². The first-order chi connectivity index (χ1) is 11.4. The number of carbonyl (C=O) groups excluding carboxylic acids is 1. The molecule has 0 radical (unpaired) electrons. The largest absolute Gasteiger partial charge is 0.392 e. The van der Waals surface area contributed by atoms with Crippen molar-refractivity contribution in [2.24, 2.45) is 0 Å². The number of hydrogen-bond acceptors (Lipinski definition) is 4. The van der Waals surface area contributed by atoms with Gasteiger partial charge in [0.2, 0.25) is 10.0 Å². The second kappa shape index (κ2) is 8.60. The van der Waals surface area contributed by atoms with Gasteiger partial charge < -0.3 is 10.4 Å². The molecule has 2 rings (SSSR count). The van der Waals surface area contributed by atoms with Crippen molar-refractivity contribution in [3.8, 4) is 0 Å². The SMILES string of the molecule is C[C@@H](O)CNS(=O)(=O)c1ccc(C(=O)NC2CCCCCC2)cc1. The summed E-state index contributed by atoms with van der Waals surface area (Å²) in [6.07, 6.45) is 5.96. The lowest BCUT2D eigenvalue weighted by Crippen LogP contribution is -2.34. The van der Waals surface area contributed by atoms with E-state index in [2.05, 4.69) is 10.0 Å². The maximum absolute atomic E-state index is 12.3. The number of carbonyl (C=O) groups is 1. The van der Waals surface area contributed by atoms with Gasteiger partial charge in [-0.05, 0) is 44.0 Å². The molecular formula is C17H26N2O4S. The lowest BCUT2D eigenvalue weighted by Gasteiger charge is -2.16. The minimum atomic E-state index is -3.67. The van der Waals surface area contributed by atoms with Crippen LogP contribution in [0.15, 0.2) is 29.2 Å². The summed E-state index contributed by atoms with van der Waals surface area (Å²) in [4.78, 5) is 12.4. The van der Waals surface area contributed by atoms with Crippen LogP contribution in [0.25, 0.3) is 0 Å². The Labute approximate surface area is 143 Å². The molecule has 1 atom stereocenters. The van der Waals surface area contributed by atoms with Gasteiger partial charge >= 0.3 is 0 Å². The van der Waals surface area contributed by atoms with Crippen molar-refractivity contribution in [3.05, 3.63) is 29.8 Å². The summed E-state index contributed by atoms with van der Waals surface area (Å²) in [7, 11) is -3.67. The van der Waals surface area contributed by atoms with Crippen LogP contribution in [0.3, 0.4) is 0 Å². The van der Waals surface area contributed by atoms with Gasteiger partial charge in [0.15, 0.2) is 0 Å². The second-order valence-corrected chi connectivity index (χ2v) is 8.15. The zero-order chi connectivity index (χ0) is 17.6. The Morgan fingerprint density at radius 2 is 1.75 bits per heavy atom. The molecule has 134 valence electrons. The van der Waals surface area contributed by atoms with Gasteiger partial charge in [-0.15, -0.1) is 0 Å². The van der Waals surface area contributed by atoms with Gasteiger partial charge in [0.1, 0.15) is 0 Å². The number of benzene rings is 1. The molecule has 0 saturated heterocycles. The van der Waals surface area contributed by atoms with Crippen LogP contribution < -0.4 is 10.0 Å². The van der Waals surface area contributed by atoms with E-state index in [1.807, 2.05) is 0 Å². The molecule has 3 N–H and O–H groups in total. The standard InChI is InChI=1S/C17H26N2O4S/c1-13(20)12-18-24(22,23)16-10-8-14(9-11-16)17(21)19-15-6-4-2-3-5-7-15/h8-11,13,15,18,20H,2-7,12H2,1H3,(H,19,21)/t13-/m1/s1. The van der Waals surface area contributed by atoms with Crippen LogP contribution in [0.4, 0.5) is 0 Å². The zero-order valence-electron chi connectivity index (χ0n) is 14.0. The van der Waals surface area contributed by atoms with Gasteiger partial charge in [0.05, 0.1) is 11.0 Å². The molecule has 6 nitrogen and oxygen atoms in total. The van der Waals surface area contributed by atoms with Gasteiger partial charge in [-0.1, -0.05) is 25.7 Å². The Bertz CT molecular complexity index is 633. The smallest absolute Gasteiger partial charge is 0.251 e. The quantitative estimate of drug-likeness (QED) is 0.679. The molecular weight excluding hydrogens is 328 g/mol. The topological polar surface area (TPSA) is 95.5 Å². The van der Waals surface area contributed by atoms with Crippen LogP contribution >= 0.6 is 0 Å². The Morgan fingerprint density at radius 3 is 2.29 bits per heavy atom. The van der Waals surface area contributed by atoms with Crippen molar-refractivity contribution in [3.63, 3.8) is 0 Å². The molecule has 0 unspecified atom stereocenters. The fourth-order valence-corrected chi connectivity index (χ4v) is 3.91. The maximum Gasteiger partial charge on any atom is 0.251 e. The highest BCUT2D eigenvalue weighted by molar-refractivity contribution is 7.89. The molecule has 0 spiro atoms. The van der Waals surface area contributed by atoms with E-state index in [0.29, 0.717) is 5.56 Å². The molecule has 0 aromatic heterocycles. The number of sulfonamides is 1. The minimum Gasteiger partial charge on any atom is -0.392 e.